The van der Waals surface area contributed by atoms with Crippen molar-refractivity contribution in [1.82, 2.24) is 4.98 Å². The molecule has 0 fully saturated rings. The molecule has 128 valence electrons. The van der Waals surface area contributed by atoms with Crippen LogP contribution in [0.15, 0.2) is 59.6 Å². The number of nitrogens with zero attached hydrogens (tertiary/aromatic N) is 1. The van der Waals surface area contributed by atoms with E-state index < -0.39 is 4.93 Å². The molecule has 0 spiro atoms. The number of hydrogen-bond acceptors (Lipinski definition) is 5. The van der Waals surface area contributed by atoms with Gasteiger partial charge < -0.3 is 9.47 Å². The minimum Gasteiger partial charge on any atom is -0.496 e. The average Bonchev–Trinajstić information content (AvgIpc) is 2.61. The molecule has 4 nitrogen and oxygen atoms in total. The number of ether oxygens (including phenoxy) is 2. The van der Waals surface area contributed by atoms with Crippen molar-refractivity contribution in [2.24, 2.45) is 0 Å². The predicted molar refractivity (Wildman–Crippen MR) is 101 cm³/mol. The number of benzene rings is 2. The standard InChI is InChI=1S/C20H19NO3S/c1-20(2,24-13-22)25-19-10-11-21-17-9-8-14(12-16(17)19)15-6-4-5-7-18(15)23-3/h4-13H,1-3H3. The van der Waals surface area contributed by atoms with Gasteiger partial charge in [0.25, 0.3) is 6.47 Å². The van der Waals surface area contributed by atoms with E-state index in [1.54, 1.807) is 13.3 Å². The lowest BCUT2D eigenvalue weighted by Gasteiger charge is -2.22. The van der Waals surface area contributed by atoms with Crippen molar-refractivity contribution in [2.45, 2.75) is 23.7 Å². The third-order valence-corrected chi connectivity index (χ3v) is 4.97. The van der Waals surface area contributed by atoms with Gasteiger partial charge >= 0.3 is 0 Å². The van der Waals surface area contributed by atoms with Crippen LogP contribution in [0.5, 0.6) is 5.75 Å². The Morgan fingerprint density at radius 2 is 1.92 bits per heavy atom. The number of thioether (sulfide) groups is 1. The molecule has 3 aromatic rings. The minimum atomic E-state index is -0.656. The van der Waals surface area contributed by atoms with Gasteiger partial charge in [0.1, 0.15) is 5.75 Å². The van der Waals surface area contributed by atoms with Crippen LogP contribution in [0.4, 0.5) is 0 Å². The van der Waals surface area contributed by atoms with Gasteiger partial charge in [0.2, 0.25) is 0 Å². The van der Waals surface area contributed by atoms with E-state index in [-0.39, 0.29) is 0 Å². The van der Waals surface area contributed by atoms with Crippen LogP contribution < -0.4 is 4.74 Å². The van der Waals surface area contributed by atoms with Crippen LogP contribution in [0, 0.1) is 0 Å². The van der Waals surface area contributed by atoms with Crippen molar-refractivity contribution >= 4 is 29.1 Å². The topological polar surface area (TPSA) is 48.4 Å². The van der Waals surface area contributed by atoms with E-state index in [0.29, 0.717) is 6.47 Å². The first-order valence-electron chi connectivity index (χ1n) is 7.87. The fourth-order valence-electron chi connectivity index (χ4n) is 2.67. The summed E-state index contributed by atoms with van der Waals surface area (Å²) in [6, 6.07) is 16.0. The lowest BCUT2D eigenvalue weighted by Crippen LogP contribution is -2.18. The van der Waals surface area contributed by atoms with E-state index in [0.717, 1.165) is 32.7 Å². The van der Waals surface area contributed by atoms with Crippen LogP contribution in [0.2, 0.25) is 0 Å². The Morgan fingerprint density at radius 1 is 1.12 bits per heavy atom. The summed E-state index contributed by atoms with van der Waals surface area (Å²) < 4.78 is 10.7. The number of hydrogen-bond donors (Lipinski definition) is 0. The monoisotopic (exact) mass is 353 g/mol. The number of methoxy groups -OCH3 is 1. The van der Waals surface area contributed by atoms with E-state index in [9.17, 15) is 4.79 Å². The average molecular weight is 353 g/mol. The Balaban J connectivity index is 2.10. The predicted octanol–water partition coefficient (Wildman–Crippen LogP) is 4.91. The first kappa shape index (κ1) is 17.3. The van der Waals surface area contributed by atoms with Gasteiger partial charge in [-0.25, -0.2) is 0 Å². The Morgan fingerprint density at radius 3 is 2.68 bits per heavy atom. The molecule has 0 amide bonds. The molecule has 1 heterocycles. The quantitative estimate of drug-likeness (QED) is 0.358. The fourth-order valence-corrected chi connectivity index (χ4v) is 3.68. The summed E-state index contributed by atoms with van der Waals surface area (Å²) in [5, 5.41) is 1.01. The summed E-state index contributed by atoms with van der Waals surface area (Å²) in [5.41, 5.74) is 2.97. The zero-order valence-corrected chi connectivity index (χ0v) is 15.2. The SMILES string of the molecule is COc1ccccc1-c1ccc2nccc(SC(C)(C)OC=O)c2c1. The maximum absolute atomic E-state index is 10.7. The van der Waals surface area contributed by atoms with Gasteiger partial charge in [-0.3, -0.25) is 9.78 Å². The molecule has 25 heavy (non-hydrogen) atoms. The molecule has 0 aliphatic heterocycles. The summed E-state index contributed by atoms with van der Waals surface area (Å²) in [6.07, 6.45) is 1.77. The van der Waals surface area contributed by atoms with Crippen molar-refractivity contribution in [2.75, 3.05) is 7.11 Å². The summed E-state index contributed by atoms with van der Waals surface area (Å²) >= 11 is 1.49. The van der Waals surface area contributed by atoms with Gasteiger partial charge in [0.15, 0.2) is 4.93 Å². The third-order valence-electron chi connectivity index (χ3n) is 3.81. The van der Waals surface area contributed by atoms with Crippen LogP contribution in [-0.4, -0.2) is 23.5 Å². The van der Waals surface area contributed by atoms with Gasteiger partial charge in [-0.1, -0.05) is 36.0 Å². The molecular formula is C20H19NO3S. The van der Waals surface area contributed by atoms with E-state index in [1.807, 2.05) is 56.3 Å². The second-order valence-corrected chi connectivity index (χ2v) is 7.58. The Labute approximate surface area is 151 Å². The molecule has 5 heteroatoms. The number of pyridine rings is 1. The van der Waals surface area contributed by atoms with E-state index >= 15 is 0 Å². The largest absolute Gasteiger partial charge is 0.496 e. The Bertz CT molecular complexity index is 908. The molecule has 0 saturated carbocycles. The summed E-state index contributed by atoms with van der Waals surface area (Å²) in [6.45, 7) is 4.21. The van der Waals surface area contributed by atoms with Gasteiger partial charge in [-0.05, 0) is 43.7 Å². The van der Waals surface area contributed by atoms with Crippen LogP contribution >= 0.6 is 11.8 Å². The highest BCUT2D eigenvalue weighted by atomic mass is 32.2. The molecule has 1 aromatic heterocycles. The third kappa shape index (κ3) is 3.77. The maximum atomic E-state index is 10.7. The van der Waals surface area contributed by atoms with Crippen LogP contribution in [-0.2, 0) is 9.53 Å². The van der Waals surface area contributed by atoms with E-state index in [4.69, 9.17) is 9.47 Å². The number of fused-ring (bicyclic) bond motifs is 1. The molecule has 0 atom stereocenters. The summed E-state index contributed by atoms with van der Waals surface area (Å²) in [5.74, 6) is 0.824. The lowest BCUT2D eigenvalue weighted by atomic mass is 10.0. The van der Waals surface area contributed by atoms with Gasteiger partial charge in [-0.2, -0.15) is 0 Å². The van der Waals surface area contributed by atoms with Crippen LogP contribution in [0.1, 0.15) is 13.8 Å². The lowest BCUT2D eigenvalue weighted by molar-refractivity contribution is -0.133. The first-order chi connectivity index (χ1) is 12.0. The zero-order chi connectivity index (χ0) is 17.9. The van der Waals surface area contributed by atoms with Crippen LogP contribution in [0.3, 0.4) is 0 Å². The maximum Gasteiger partial charge on any atom is 0.294 e. The zero-order valence-electron chi connectivity index (χ0n) is 14.4. The highest BCUT2D eigenvalue weighted by Gasteiger charge is 2.22. The number of aromatic nitrogens is 1. The fraction of sp³-hybridized carbons (Fsp3) is 0.200. The van der Waals surface area contributed by atoms with Crippen LogP contribution in [0.25, 0.3) is 22.0 Å². The molecular weight excluding hydrogens is 334 g/mol. The smallest absolute Gasteiger partial charge is 0.294 e. The van der Waals surface area contributed by atoms with E-state index in [1.165, 1.54) is 11.8 Å². The molecule has 0 saturated heterocycles. The van der Waals surface area contributed by atoms with Gasteiger partial charge in [0, 0.05) is 22.0 Å². The second-order valence-electron chi connectivity index (χ2n) is 5.96. The Hall–Kier alpha value is -2.53. The highest BCUT2D eigenvalue weighted by Crippen LogP contribution is 2.39. The molecule has 3 rings (SSSR count). The second kappa shape index (κ2) is 7.15. The number of carbonyl (C=O) groups excluding carboxylic acids is 1. The molecule has 0 N–H and O–H groups in total. The molecule has 2 aromatic carbocycles. The summed E-state index contributed by atoms with van der Waals surface area (Å²) in [7, 11) is 1.67. The van der Waals surface area contributed by atoms with E-state index in [2.05, 4.69) is 11.1 Å². The van der Waals surface area contributed by atoms with Crippen molar-refractivity contribution in [1.29, 1.82) is 0 Å². The number of para-hydroxylation sites is 1. The normalized spacial score (nSPS) is 11.3. The minimum absolute atomic E-state index is 0.483. The molecule has 0 aliphatic carbocycles. The molecule has 0 unspecified atom stereocenters. The van der Waals surface area contributed by atoms with Crippen molar-refractivity contribution < 1.29 is 14.3 Å². The molecule has 0 aliphatic rings. The number of carbonyl (C=O) groups is 1. The first-order valence-corrected chi connectivity index (χ1v) is 8.68. The summed E-state index contributed by atoms with van der Waals surface area (Å²) in [4.78, 5) is 15.5. The van der Waals surface area contributed by atoms with Crippen molar-refractivity contribution in [3.05, 3.63) is 54.7 Å². The van der Waals surface area contributed by atoms with Gasteiger partial charge in [0.05, 0.1) is 12.6 Å². The van der Waals surface area contributed by atoms with Crippen molar-refractivity contribution in [3.63, 3.8) is 0 Å². The van der Waals surface area contributed by atoms with Crippen molar-refractivity contribution in [3.8, 4) is 16.9 Å². The highest BCUT2D eigenvalue weighted by molar-refractivity contribution is 8.00. The number of rotatable bonds is 6. The molecule has 0 radical (unpaired) electrons. The molecule has 0 bridgehead atoms. The van der Waals surface area contributed by atoms with Gasteiger partial charge in [-0.15, -0.1) is 0 Å². The Kier molecular flexibility index (Phi) is 4.95.